The second kappa shape index (κ2) is 5.16. The molecule has 104 valence electrons. The van der Waals surface area contributed by atoms with Crippen LogP contribution >= 0.6 is 0 Å². The molecule has 0 heterocycles. The van der Waals surface area contributed by atoms with Crippen LogP contribution in [0, 0.1) is 18.8 Å². The molecule has 0 aliphatic heterocycles. The third-order valence-corrected chi connectivity index (χ3v) is 4.71. The number of aryl methyl sites for hydroxylation is 1. The molecule has 1 aromatic carbocycles. The molecular weight excluding hydrogens is 232 g/mol. The molecule has 2 saturated carbocycles. The SMILES string of the molecule is Cc1cc(N(C)CC2CC2C)ccc1CNC1CC1. The van der Waals surface area contributed by atoms with Crippen LogP contribution < -0.4 is 10.2 Å². The normalized spacial score (nSPS) is 25.4. The summed E-state index contributed by atoms with van der Waals surface area (Å²) in [5, 5.41) is 3.60. The van der Waals surface area contributed by atoms with E-state index in [2.05, 4.69) is 49.3 Å². The maximum Gasteiger partial charge on any atom is 0.0366 e. The highest BCUT2D eigenvalue weighted by Crippen LogP contribution is 2.38. The number of benzene rings is 1. The van der Waals surface area contributed by atoms with Crippen molar-refractivity contribution in [3.63, 3.8) is 0 Å². The molecule has 2 aliphatic rings. The van der Waals surface area contributed by atoms with E-state index in [1.165, 1.54) is 42.6 Å². The van der Waals surface area contributed by atoms with Crippen LogP contribution in [0.15, 0.2) is 18.2 Å². The van der Waals surface area contributed by atoms with E-state index in [-0.39, 0.29) is 0 Å². The molecule has 2 atom stereocenters. The highest BCUT2D eigenvalue weighted by atomic mass is 15.1. The van der Waals surface area contributed by atoms with E-state index in [1.807, 2.05) is 0 Å². The number of anilines is 1. The van der Waals surface area contributed by atoms with Crippen LogP contribution in [0.1, 0.15) is 37.3 Å². The maximum absolute atomic E-state index is 3.60. The van der Waals surface area contributed by atoms with Crippen LogP contribution in [-0.2, 0) is 6.54 Å². The molecule has 0 radical (unpaired) electrons. The summed E-state index contributed by atoms with van der Waals surface area (Å²) in [4.78, 5) is 2.42. The van der Waals surface area contributed by atoms with Crippen LogP contribution in [0.4, 0.5) is 5.69 Å². The molecule has 2 heteroatoms. The summed E-state index contributed by atoms with van der Waals surface area (Å²) in [5.41, 5.74) is 4.23. The lowest BCUT2D eigenvalue weighted by Crippen LogP contribution is -2.21. The maximum atomic E-state index is 3.60. The van der Waals surface area contributed by atoms with Crippen LogP contribution in [0.5, 0.6) is 0 Å². The van der Waals surface area contributed by atoms with Gasteiger partial charge in [-0.25, -0.2) is 0 Å². The average Bonchev–Trinajstić information content (AvgIpc) is 3.28. The zero-order valence-electron chi connectivity index (χ0n) is 12.4. The van der Waals surface area contributed by atoms with Crippen LogP contribution in [0.25, 0.3) is 0 Å². The van der Waals surface area contributed by atoms with Gasteiger partial charge in [0.25, 0.3) is 0 Å². The number of nitrogens with zero attached hydrogens (tertiary/aromatic N) is 1. The molecule has 1 aromatic rings. The van der Waals surface area contributed by atoms with Gasteiger partial charge < -0.3 is 10.2 Å². The van der Waals surface area contributed by atoms with Gasteiger partial charge in [-0.15, -0.1) is 0 Å². The second-order valence-electron chi connectivity index (χ2n) is 6.62. The van der Waals surface area contributed by atoms with Crippen LogP contribution in [0.2, 0.25) is 0 Å². The molecule has 1 N–H and O–H groups in total. The van der Waals surface area contributed by atoms with Crippen molar-refractivity contribution in [2.24, 2.45) is 11.8 Å². The van der Waals surface area contributed by atoms with Crippen molar-refractivity contribution >= 4 is 5.69 Å². The summed E-state index contributed by atoms with van der Waals surface area (Å²) < 4.78 is 0. The molecule has 19 heavy (non-hydrogen) atoms. The summed E-state index contributed by atoms with van der Waals surface area (Å²) in [6.45, 7) is 6.83. The van der Waals surface area contributed by atoms with Gasteiger partial charge in [0.2, 0.25) is 0 Å². The highest BCUT2D eigenvalue weighted by molar-refractivity contribution is 5.50. The van der Waals surface area contributed by atoms with Crippen molar-refractivity contribution in [3.05, 3.63) is 29.3 Å². The van der Waals surface area contributed by atoms with Gasteiger partial charge in [-0.2, -0.15) is 0 Å². The van der Waals surface area contributed by atoms with Crippen molar-refractivity contribution < 1.29 is 0 Å². The summed E-state index contributed by atoms with van der Waals surface area (Å²) in [5.74, 6) is 1.85. The lowest BCUT2D eigenvalue weighted by atomic mass is 10.1. The first-order chi connectivity index (χ1) is 9.13. The lowest BCUT2D eigenvalue weighted by Gasteiger charge is -2.21. The fraction of sp³-hybridized carbons (Fsp3) is 0.647. The van der Waals surface area contributed by atoms with E-state index in [4.69, 9.17) is 0 Å². The zero-order valence-corrected chi connectivity index (χ0v) is 12.4. The Balaban J connectivity index is 1.60. The molecule has 2 nitrogen and oxygen atoms in total. The Kier molecular flexibility index (Phi) is 3.53. The van der Waals surface area contributed by atoms with Gasteiger partial charge in [-0.1, -0.05) is 13.0 Å². The predicted octanol–water partition coefficient (Wildman–Crippen LogP) is 3.34. The van der Waals surface area contributed by atoms with Crippen molar-refractivity contribution in [2.45, 2.75) is 45.7 Å². The van der Waals surface area contributed by atoms with E-state index in [0.29, 0.717) is 0 Å². The Morgan fingerprint density at radius 3 is 2.63 bits per heavy atom. The molecule has 2 unspecified atom stereocenters. The first-order valence-electron chi connectivity index (χ1n) is 7.67. The minimum atomic E-state index is 0.790. The molecule has 3 rings (SSSR count). The molecule has 2 fully saturated rings. The van der Waals surface area contributed by atoms with Gasteiger partial charge in [0, 0.05) is 31.9 Å². The third-order valence-electron chi connectivity index (χ3n) is 4.71. The second-order valence-corrected chi connectivity index (χ2v) is 6.62. The molecule has 0 amide bonds. The number of hydrogen-bond acceptors (Lipinski definition) is 2. The quantitative estimate of drug-likeness (QED) is 0.842. The Hall–Kier alpha value is -1.02. The summed E-state index contributed by atoms with van der Waals surface area (Å²) in [6.07, 6.45) is 4.13. The third kappa shape index (κ3) is 3.30. The van der Waals surface area contributed by atoms with Crippen LogP contribution in [-0.4, -0.2) is 19.6 Å². The summed E-state index contributed by atoms with van der Waals surface area (Å²) in [7, 11) is 2.22. The molecule has 0 saturated heterocycles. The monoisotopic (exact) mass is 258 g/mol. The number of rotatable bonds is 6. The Bertz CT molecular complexity index is 451. The van der Waals surface area contributed by atoms with E-state index < -0.39 is 0 Å². The number of hydrogen-bond donors (Lipinski definition) is 1. The van der Waals surface area contributed by atoms with Gasteiger partial charge in [0.1, 0.15) is 0 Å². The van der Waals surface area contributed by atoms with Gasteiger partial charge in [0.05, 0.1) is 0 Å². The summed E-state index contributed by atoms with van der Waals surface area (Å²) in [6, 6.07) is 7.71. The van der Waals surface area contributed by atoms with Crippen molar-refractivity contribution in [2.75, 3.05) is 18.5 Å². The molecule has 0 spiro atoms. The fourth-order valence-corrected chi connectivity index (χ4v) is 2.77. The smallest absolute Gasteiger partial charge is 0.0366 e. The van der Waals surface area contributed by atoms with E-state index in [1.54, 1.807) is 0 Å². The predicted molar refractivity (Wildman–Crippen MR) is 81.6 cm³/mol. The van der Waals surface area contributed by atoms with Crippen LogP contribution in [0.3, 0.4) is 0 Å². The van der Waals surface area contributed by atoms with E-state index >= 15 is 0 Å². The lowest BCUT2D eigenvalue weighted by molar-refractivity contribution is 0.684. The van der Waals surface area contributed by atoms with Crippen molar-refractivity contribution in [1.29, 1.82) is 0 Å². The molecule has 0 bridgehead atoms. The minimum Gasteiger partial charge on any atom is -0.374 e. The van der Waals surface area contributed by atoms with Gasteiger partial charge in [-0.05, 0) is 61.3 Å². The molecule has 0 aromatic heterocycles. The van der Waals surface area contributed by atoms with Crippen molar-refractivity contribution in [3.8, 4) is 0 Å². The van der Waals surface area contributed by atoms with Crippen molar-refractivity contribution in [1.82, 2.24) is 5.32 Å². The Labute approximate surface area is 117 Å². The standard InChI is InChI=1S/C17H26N2/c1-12-8-15(12)11-19(3)17-7-4-14(13(2)9-17)10-18-16-5-6-16/h4,7,9,12,15-16,18H,5-6,8,10-11H2,1-3H3. The Morgan fingerprint density at radius 2 is 2.05 bits per heavy atom. The summed E-state index contributed by atoms with van der Waals surface area (Å²) >= 11 is 0. The Morgan fingerprint density at radius 1 is 1.32 bits per heavy atom. The fourth-order valence-electron chi connectivity index (χ4n) is 2.77. The molecular formula is C17H26N2. The van der Waals surface area contributed by atoms with E-state index in [0.717, 1.165) is 24.4 Å². The number of nitrogens with one attached hydrogen (secondary N) is 1. The van der Waals surface area contributed by atoms with Gasteiger partial charge >= 0.3 is 0 Å². The topological polar surface area (TPSA) is 15.3 Å². The van der Waals surface area contributed by atoms with Gasteiger partial charge in [-0.3, -0.25) is 0 Å². The highest BCUT2D eigenvalue weighted by Gasteiger charge is 2.33. The first kappa shape index (κ1) is 13.0. The average molecular weight is 258 g/mol. The molecule has 2 aliphatic carbocycles. The van der Waals surface area contributed by atoms with E-state index in [9.17, 15) is 0 Å². The largest absolute Gasteiger partial charge is 0.374 e. The first-order valence-corrected chi connectivity index (χ1v) is 7.67. The minimum absolute atomic E-state index is 0.790. The zero-order chi connectivity index (χ0) is 13.4. The van der Waals surface area contributed by atoms with Gasteiger partial charge in [0.15, 0.2) is 0 Å².